The smallest absolute Gasteiger partial charge is 0.548 e. The molecular weight excluding hydrogens is 421 g/mol. The summed E-state index contributed by atoms with van der Waals surface area (Å²) in [6, 6.07) is -0.0748. The second kappa shape index (κ2) is 7.12. The van der Waals surface area contributed by atoms with E-state index in [1.165, 1.54) is 6.07 Å². The number of carbonyl (C=O) groups is 2. The molecule has 0 aromatic carbocycles. The number of carboxylic acid groups (broad SMARTS) is 1. The first-order chi connectivity index (χ1) is 10.8. The molecule has 13 heteroatoms. The molecule has 1 amide bonds. The number of hydrogen-bond acceptors (Lipinski definition) is 9. The summed E-state index contributed by atoms with van der Waals surface area (Å²) in [6.45, 7) is -0.121. The Bertz CT molecular complexity index is 795. The van der Waals surface area contributed by atoms with Crippen LogP contribution in [0.2, 0.25) is 0 Å². The molecule has 2 aliphatic heterocycles. The Morgan fingerprint density at radius 2 is 2.33 bits per heavy atom. The molecule has 0 radical (unpaired) electrons. The van der Waals surface area contributed by atoms with E-state index >= 15 is 0 Å². The molecule has 124 valence electrons. The molecule has 0 bridgehead atoms. The van der Waals surface area contributed by atoms with Crippen LogP contribution in [0.4, 0.5) is 0 Å². The summed E-state index contributed by atoms with van der Waals surface area (Å²) in [5.74, 6) is -1.87. The summed E-state index contributed by atoms with van der Waals surface area (Å²) in [7, 11) is -3.88. The number of amides is 1. The number of aliphatic carboxylic acids is 1. The summed E-state index contributed by atoms with van der Waals surface area (Å²) < 4.78 is 29.7. The van der Waals surface area contributed by atoms with Gasteiger partial charge in [0.2, 0.25) is 5.91 Å². The van der Waals surface area contributed by atoms with Gasteiger partial charge >= 0.3 is 29.6 Å². The van der Waals surface area contributed by atoms with Gasteiger partial charge in [-0.05, 0) is 15.9 Å². The Morgan fingerprint density at radius 1 is 1.62 bits per heavy atom. The second-order valence-corrected chi connectivity index (χ2v) is 8.00. The van der Waals surface area contributed by atoms with Gasteiger partial charge in [0.15, 0.2) is 22.2 Å². The van der Waals surface area contributed by atoms with Gasteiger partial charge in [-0.1, -0.05) is 10.3 Å². The maximum atomic E-state index is 12.2. The van der Waals surface area contributed by atoms with Gasteiger partial charge in [-0.3, -0.25) is 4.79 Å². The predicted octanol–water partition coefficient (Wildman–Crippen LogP) is -4.58. The molecule has 0 saturated carbocycles. The molecule has 3 rings (SSSR count). The molecule has 10 nitrogen and oxygen atoms in total. The third-order valence-corrected chi connectivity index (χ3v) is 6.24. The Balaban J connectivity index is 0.00000208. The van der Waals surface area contributed by atoms with Crippen molar-refractivity contribution in [2.45, 2.75) is 29.7 Å². The number of nitrogens with zero attached hydrogens (tertiary/aromatic N) is 3. The summed E-state index contributed by atoms with van der Waals surface area (Å²) in [5, 5.41) is 15.6. The first kappa shape index (κ1) is 19.4. The van der Waals surface area contributed by atoms with E-state index in [9.17, 15) is 23.1 Å². The van der Waals surface area contributed by atoms with Gasteiger partial charge < -0.3 is 24.2 Å². The van der Waals surface area contributed by atoms with Crippen LogP contribution in [0.15, 0.2) is 20.3 Å². The minimum Gasteiger partial charge on any atom is -0.548 e. The number of oxime groups is 1. The third kappa shape index (κ3) is 3.25. The van der Waals surface area contributed by atoms with E-state index in [1.54, 1.807) is 0 Å². The van der Waals surface area contributed by atoms with Crippen molar-refractivity contribution in [1.82, 2.24) is 10.1 Å². The molecule has 3 atom stereocenters. The standard InChI is InChI=1S/C11H10BrN3O7S.Na/c12-7-1-5(22-14-7)4-21-13-3-6-10(11(17)18)15-8(16)2-9(15)23(6,19)20;/h1,3,6,9-10H,2,4H2,(H,17,18);/q;+1/p-1/b13-3-;/t6-,9?,10+;/m0./s1. The average molecular weight is 430 g/mol. The van der Waals surface area contributed by atoms with Crippen LogP contribution in [0.5, 0.6) is 0 Å². The van der Waals surface area contributed by atoms with Gasteiger partial charge in [-0.15, -0.1) is 0 Å². The zero-order valence-corrected chi connectivity index (χ0v) is 16.7. The first-order valence-corrected chi connectivity index (χ1v) is 8.74. The maximum Gasteiger partial charge on any atom is 1.00 e. The van der Waals surface area contributed by atoms with Gasteiger partial charge in [-0.25, -0.2) is 8.42 Å². The molecule has 0 spiro atoms. The minimum atomic E-state index is -3.88. The number of hydrogen-bond donors (Lipinski definition) is 0. The van der Waals surface area contributed by atoms with Crippen molar-refractivity contribution in [3.05, 3.63) is 16.4 Å². The van der Waals surface area contributed by atoms with Crippen LogP contribution in [-0.4, -0.2) is 53.2 Å². The molecule has 2 aliphatic rings. The Labute approximate surface area is 166 Å². The van der Waals surface area contributed by atoms with Crippen molar-refractivity contribution in [2.24, 2.45) is 5.16 Å². The molecule has 3 heterocycles. The Kier molecular flexibility index (Phi) is 5.75. The molecule has 0 aliphatic carbocycles. The number of halogens is 1. The van der Waals surface area contributed by atoms with Crippen LogP contribution < -0.4 is 34.7 Å². The number of fused-ring (bicyclic) bond motifs is 1. The molecule has 0 N–H and O–H groups in total. The molecule has 1 unspecified atom stereocenters. The zero-order chi connectivity index (χ0) is 16.8. The SMILES string of the molecule is O=C([O-])[C@H]1[C@H](/C=N\OCc2cc(Br)no2)S(=O)(=O)C2CC(=O)N21.[Na+]. The predicted molar refractivity (Wildman–Crippen MR) is 74.2 cm³/mol. The van der Waals surface area contributed by atoms with Crippen LogP contribution in [0.3, 0.4) is 0 Å². The van der Waals surface area contributed by atoms with E-state index in [2.05, 4.69) is 26.2 Å². The fourth-order valence-corrected chi connectivity index (χ4v) is 4.95. The number of sulfone groups is 1. The van der Waals surface area contributed by atoms with Gasteiger partial charge in [-0.2, -0.15) is 0 Å². The summed E-state index contributed by atoms with van der Waals surface area (Å²) in [4.78, 5) is 28.3. The fourth-order valence-electron chi connectivity index (χ4n) is 2.50. The van der Waals surface area contributed by atoms with Crippen LogP contribution in [0.1, 0.15) is 12.2 Å². The van der Waals surface area contributed by atoms with E-state index in [0.29, 0.717) is 10.4 Å². The molecule has 24 heavy (non-hydrogen) atoms. The largest absolute Gasteiger partial charge is 1.00 e. The quantitative estimate of drug-likeness (QED) is 0.197. The average Bonchev–Trinajstić information content (AvgIpc) is 2.94. The van der Waals surface area contributed by atoms with Crippen molar-refractivity contribution >= 4 is 43.9 Å². The van der Waals surface area contributed by atoms with Crippen molar-refractivity contribution < 1.29 is 62.0 Å². The third-order valence-electron chi connectivity index (χ3n) is 3.58. The van der Waals surface area contributed by atoms with E-state index in [1.807, 2.05) is 0 Å². The van der Waals surface area contributed by atoms with Crippen LogP contribution in [0, 0.1) is 0 Å². The van der Waals surface area contributed by atoms with Gasteiger partial charge in [0.25, 0.3) is 0 Å². The van der Waals surface area contributed by atoms with Gasteiger partial charge in [0.1, 0.15) is 15.2 Å². The van der Waals surface area contributed by atoms with Crippen LogP contribution >= 0.6 is 15.9 Å². The topological polar surface area (TPSA) is 142 Å². The number of carbonyl (C=O) groups excluding carboxylic acids is 2. The monoisotopic (exact) mass is 429 g/mol. The maximum absolute atomic E-state index is 12.2. The van der Waals surface area contributed by atoms with Crippen LogP contribution in [0.25, 0.3) is 0 Å². The Hall–Kier alpha value is -0.950. The summed E-state index contributed by atoms with van der Waals surface area (Å²) in [6.07, 6.45) is 0.621. The number of carboxylic acids is 1. The van der Waals surface area contributed by atoms with Crippen molar-refractivity contribution in [3.63, 3.8) is 0 Å². The zero-order valence-electron chi connectivity index (χ0n) is 12.3. The molecule has 2 saturated heterocycles. The van der Waals surface area contributed by atoms with E-state index < -0.39 is 38.4 Å². The van der Waals surface area contributed by atoms with Gasteiger partial charge in [0, 0.05) is 6.07 Å². The number of β-lactam (4-membered cyclic amide) rings is 1. The normalized spacial score (nSPS) is 27.5. The second-order valence-electron chi connectivity index (χ2n) is 4.92. The van der Waals surface area contributed by atoms with E-state index in [0.717, 1.165) is 11.1 Å². The van der Waals surface area contributed by atoms with E-state index in [4.69, 9.17) is 9.36 Å². The summed E-state index contributed by atoms with van der Waals surface area (Å²) in [5.41, 5.74) is 0. The van der Waals surface area contributed by atoms with Crippen LogP contribution in [-0.2, 0) is 30.9 Å². The molecule has 1 aromatic rings. The minimum absolute atomic E-state index is 0. The number of aromatic nitrogens is 1. The molecular formula is C11H9BrN3NaO7S. The van der Waals surface area contributed by atoms with Crippen molar-refractivity contribution in [2.75, 3.05) is 0 Å². The molecule has 1 aromatic heterocycles. The fraction of sp³-hybridized carbons (Fsp3) is 0.455. The number of rotatable bonds is 5. The van der Waals surface area contributed by atoms with Gasteiger partial charge in [0.05, 0.1) is 24.6 Å². The Morgan fingerprint density at radius 3 is 2.88 bits per heavy atom. The van der Waals surface area contributed by atoms with Crippen molar-refractivity contribution in [3.8, 4) is 0 Å². The van der Waals surface area contributed by atoms with E-state index in [-0.39, 0.29) is 42.6 Å². The van der Waals surface area contributed by atoms with Crippen molar-refractivity contribution in [1.29, 1.82) is 0 Å². The molecule has 2 fully saturated rings. The summed E-state index contributed by atoms with van der Waals surface area (Å²) >= 11 is 3.07. The first-order valence-electron chi connectivity index (χ1n) is 6.33.